The van der Waals surface area contributed by atoms with Crippen LogP contribution in [0.4, 0.5) is 0 Å². The van der Waals surface area contributed by atoms with Crippen molar-refractivity contribution in [3.05, 3.63) is 29.8 Å². The Balaban J connectivity index is 0. The molecule has 3 atom stereocenters. The number of ether oxygens (including phenoxy) is 1. The summed E-state index contributed by atoms with van der Waals surface area (Å²) in [4.78, 5) is 0. The van der Waals surface area contributed by atoms with Crippen LogP contribution in [0.2, 0.25) is 0 Å². The van der Waals surface area contributed by atoms with E-state index in [2.05, 4.69) is 11.4 Å². The lowest BCUT2D eigenvalue weighted by Gasteiger charge is -2.23. The summed E-state index contributed by atoms with van der Waals surface area (Å²) >= 11 is 0. The molecule has 0 saturated carbocycles. The van der Waals surface area contributed by atoms with Crippen molar-refractivity contribution in [2.24, 2.45) is 0 Å². The zero-order chi connectivity index (χ0) is 9.54. The average Bonchev–Trinajstić information content (AvgIpc) is 2.57. The second kappa shape index (κ2) is 6.05. The Morgan fingerprint density at radius 2 is 2.12 bits per heavy atom. The smallest absolute Gasteiger partial charge is 0.124 e. The molecule has 1 unspecified atom stereocenters. The number of para-hydroxylation sites is 1. The van der Waals surface area contributed by atoms with Gasteiger partial charge in [-0.05, 0) is 6.07 Å². The summed E-state index contributed by atoms with van der Waals surface area (Å²) in [5.41, 5.74) is 1.22. The van der Waals surface area contributed by atoms with Gasteiger partial charge in [-0.3, -0.25) is 0 Å². The fourth-order valence-electron chi connectivity index (χ4n) is 2.39. The Morgan fingerprint density at radius 3 is 2.82 bits per heavy atom. The van der Waals surface area contributed by atoms with Gasteiger partial charge in [-0.1, -0.05) is 25.6 Å². The van der Waals surface area contributed by atoms with Gasteiger partial charge in [0.15, 0.2) is 0 Å². The molecule has 3 rings (SSSR count). The van der Waals surface area contributed by atoms with E-state index in [-0.39, 0.29) is 41.5 Å². The number of hydrogen-bond acceptors (Lipinski definition) is 3. The highest BCUT2D eigenvalue weighted by Gasteiger charge is 2.40. The minimum Gasteiger partial charge on any atom is -0.488 e. The van der Waals surface area contributed by atoms with E-state index in [9.17, 15) is 0 Å². The lowest BCUT2D eigenvalue weighted by atomic mass is 10.00. The van der Waals surface area contributed by atoms with Gasteiger partial charge in [0.05, 0.1) is 12.6 Å². The molecule has 95 valence electrons. The Bertz CT molecular complexity index is 367. The van der Waals surface area contributed by atoms with Crippen LogP contribution >= 0.6 is 0 Å². The van der Waals surface area contributed by atoms with Crippen molar-refractivity contribution in [1.82, 2.24) is 5.32 Å². The maximum absolute atomic E-state index is 9.15. The van der Waals surface area contributed by atoms with Crippen molar-refractivity contribution in [3.63, 3.8) is 0 Å². The Labute approximate surface area is 105 Å². The zero-order valence-electron chi connectivity index (χ0n) is 8.89. The number of benzene rings is 1. The summed E-state index contributed by atoms with van der Waals surface area (Å²) in [6, 6.07) is 8.54. The molecule has 2 aliphatic rings. The predicted molar refractivity (Wildman–Crippen MR) is 70.4 cm³/mol. The summed E-state index contributed by atoms with van der Waals surface area (Å²) in [6.45, 7) is 0.148. The third-order valence-electron chi connectivity index (χ3n) is 3.10. The van der Waals surface area contributed by atoms with Crippen LogP contribution in [-0.4, -0.2) is 37.7 Å². The molecule has 1 aromatic carbocycles. The van der Waals surface area contributed by atoms with Crippen molar-refractivity contribution >= 4 is 8.41 Å². The third-order valence-corrected chi connectivity index (χ3v) is 3.10. The van der Waals surface area contributed by atoms with Crippen LogP contribution in [0, 0.1) is 0 Å². The van der Waals surface area contributed by atoms with Crippen LogP contribution < -0.4 is 10.1 Å². The van der Waals surface area contributed by atoms with Crippen LogP contribution in [0.5, 0.6) is 5.75 Å². The van der Waals surface area contributed by atoms with E-state index in [1.807, 2.05) is 18.2 Å². The standard InChI is InChI=1S/C11H13NO2.CH4.B.H2O.H2/c13-6-9-11-5-8(12-9)7-3-1-2-4-10(7)14-11;;;;/h1-4,8-9,11-13H,5-6H2;1H4;;1H2;1H/t8-,9?,11-;;;;/m0..../s1. The Hall–Kier alpha value is -1.04. The number of nitrogens with one attached hydrogen (secondary N) is 1. The van der Waals surface area contributed by atoms with Crippen molar-refractivity contribution < 1.29 is 16.7 Å². The molecule has 1 aromatic rings. The highest BCUT2D eigenvalue weighted by Crippen LogP contribution is 2.39. The average molecular weight is 238 g/mol. The van der Waals surface area contributed by atoms with E-state index < -0.39 is 0 Å². The molecule has 2 aliphatic heterocycles. The first-order chi connectivity index (χ1) is 6.88. The largest absolute Gasteiger partial charge is 0.488 e. The third kappa shape index (κ3) is 2.46. The molecule has 0 aromatic heterocycles. The monoisotopic (exact) mass is 238 g/mol. The Morgan fingerprint density at radius 1 is 1.41 bits per heavy atom. The van der Waals surface area contributed by atoms with Crippen LogP contribution in [0.25, 0.3) is 0 Å². The van der Waals surface area contributed by atoms with Gasteiger partial charge >= 0.3 is 0 Å². The SMILES string of the molecule is C.O.OCC1N[C@H]2C[C@@H]1Oc1ccccc12.[B].[HH]. The fourth-order valence-corrected chi connectivity index (χ4v) is 2.39. The van der Waals surface area contributed by atoms with E-state index >= 15 is 0 Å². The van der Waals surface area contributed by atoms with Gasteiger partial charge in [0.2, 0.25) is 0 Å². The fraction of sp³-hybridized carbons (Fsp3) is 0.500. The topological polar surface area (TPSA) is 73.0 Å². The number of fused-ring (bicyclic) bond motifs is 4. The van der Waals surface area contributed by atoms with E-state index in [1.165, 1.54) is 5.56 Å². The van der Waals surface area contributed by atoms with Gasteiger partial charge in [0.1, 0.15) is 11.9 Å². The van der Waals surface area contributed by atoms with Gasteiger partial charge in [-0.25, -0.2) is 0 Å². The normalized spacial score (nSPS) is 27.7. The molecule has 2 bridgehead atoms. The summed E-state index contributed by atoms with van der Waals surface area (Å²) in [6.07, 6.45) is 1.11. The minimum atomic E-state index is 0. The van der Waals surface area contributed by atoms with Crippen molar-refractivity contribution in [3.8, 4) is 5.75 Å². The molecule has 1 saturated heterocycles. The molecule has 0 spiro atoms. The zero-order valence-corrected chi connectivity index (χ0v) is 8.89. The maximum Gasteiger partial charge on any atom is 0.124 e. The quantitative estimate of drug-likeness (QED) is 0.700. The van der Waals surface area contributed by atoms with E-state index in [0.29, 0.717) is 6.04 Å². The van der Waals surface area contributed by atoms with E-state index in [0.717, 1.165) is 12.2 Å². The Kier molecular flexibility index (Phi) is 5.68. The lowest BCUT2D eigenvalue weighted by Crippen LogP contribution is -2.36. The maximum atomic E-state index is 9.15. The van der Waals surface area contributed by atoms with Crippen LogP contribution in [-0.2, 0) is 0 Å². The van der Waals surface area contributed by atoms with E-state index in [4.69, 9.17) is 9.84 Å². The van der Waals surface area contributed by atoms with Crippen LogP contribution in [0.15, 0.2) is 24.3 Å². The lowest BCUT2D eigenvalue weighted by molar-refractivity contribution is 0.137. The molecule has 17 heavy (non-hydrogen) atoms. The first-order valence-electron chi connectivity index (χ1n) is 5.01. The molecular weight excluding hydrogens is 217 g/mol. The number of hydrogen-bond donors (Lipinski definition) is 2. The second-order valence-corrected chi connectivity index (χ2v) is 3.94. The van der Waals surface area contributed by atoms with Crippen molar-refractivity contribution in [2.45, 2.75) is 32.0 Å². The molecule has 4 N–H and O–H groups in total. The minimum absolute atomic E-state index is 0. The van der Waals surface area contributed by atoms with Gasteiger partial charge < -0.3 is 20.6 Å². The molecule has 3 radical (unpaired) electrons. The first-order valence-corrected chi connectivity index (χ1v) is 5.01. The second-order valence-electron chi connectivity index (χ2n) is 3.94. The van der Waals surface area contributed by atoms with Gasteiger partial charge in [0, 0.05) is 27.9 Å². The molecule has 5 heteroatoms. The molecular formula is C12H21BNO3. The summed E-state index contributed by atoms with van der Waals surface area (Å²) in [7, 11) is 0. The predicted octanol–water partition coefficient (Wildman–Crippen LogP) is 0.519. The highest BCUT2D eigenvalue weighted by atomic mass is 16.5. The molecule has 1 fully saturated rings. The van der Waals surface area contributed by atoms with Crippen LogP contribution in [0.1, 0.15) is 26.9 Å². The van der Waals surface area contributed by atoms with Crippen molar-refractivity contribution in [1.29, 1.82) is 0 Å². The molecule has 0 amide bonds. The molecule has 4 nitrogen and oxygen atoms in total. The molecule has 2 heterocycles. The summed E-state index contributed by atoms with van der Waals surface area (Å²) in [5.74, 6) is 0.970. The number of aliphatic hydroxyl groups is 1. The first kappa shape index (κ1) is 16.0. The summed E-state index contributed by atoms with van der Waals surface area (Å²) < 4.78 is 5.80. The van der Waals surface area contributed by atoms with Gasteiger partial charge in [-0.2, -0.15) is 0 Å². The molecule has 0 aliphatic carbocycles. The van der Waals surface area contributed by atoms with Crippen LogP contribution in [0.3, 0.4) is 0 Å². The van der Waals surface area contributed by atoms with E-state index in [1.54, 1.807) is 0 Å². The highest BCUT2D eigenvalue weighted by molar-refractivity contribution is 5.75. The van der Waals surface area contributed by atoms with Crippen molar-refractivity contribution in [2.75, 3.05) is 6.61 Å². The van der Waals surface area contributed by atoms with Gasteiger partial charge in [-0.15, -0.1) is 0 Å². The van der Waals surface area contributed by atoms with Gasteiger partial charge in [0.25, 0.3) is 0 Å². The summed E-state index contributed by atoms with van der Waals surface area (Å²) in [5, 5.41) is 12.5. The number of aliphatic hydroxyl groups excluding tert-OH is 1. The number of rotatable bonds is 1.